The van der Waals surface area contributed by atoms with Crippen LogP contribution in [-0.2, 0) is 9.53 Å². The van der Waals surface area contributed by atoms with Crippen LogP contribution < -0.4 is 0 Å². The fourth-order valence-corrected chi connectivity index (χ4v) is 2.99. The van der Waals surface area contributed by atoms with Crippen molar-refractivity contribution in [3.05, 3.63) is 0 Å². The van der Waals surface area contributed by atoms with Gasteiger partial charge in [-0.1, -0.05) is 91.9 Å². The molecule has 0 fully saturated rings. The van der Waals surface area contributed by atoms with E-state index in [2.05, 4.69) is 27.7 Å². The Morgan fingerprint density at radius 3 is 1.54 bits per heavy atom. The third kappa shape index (κ3) is 19.5. The Hall–Kier alpha value is -0.530. The molecule has 0 saturated carbocycles. The maximum Gasteiger partial charge on any atom is 0.305 e. The predicted octanol–water partition coefficient (Wildman–Crippen LogP) is 7.30. The molecule has 0 bridgehead atoms. The molecule has 2 heteroatoms. The third-order valence-corrected chi connectivity index (χ3v) is 4.60. The zero-order chi connectivity index (χ0) is 18.0. The number of unbranched alkanes of at least 4 members (excludes halogenated alkanes) is 9. The highest BCUT2D eigenvalue weighted by atomic mass is 16.5. The van der Waals surface area contributed by atoms with Gasteiger partial charge in [0, 0.05) is 6.42 Å². The van der Waals surface area contributed by atoms with Crippen LogP contribution in [0.5, 0.6) is 0 Å². The highest BCUT2D eigenvalue weighted by Gasteiger charge is 2.03. The molecule has 0 aliphatic rings. The summed E-state index contributed by atoms with van der Waals surface area (Å²) in [6, 6.07) is 0. The quantitative estimate of drug-likeness (QED) is 0.205. The molecule has 0 N–H and O–H groups in total. The Balaban J connectivity index is 3.15. The summed E-state index contributed by atoms with van der Waals surface area (Å²) in [6.07, 6.45) is 17.3. The molecule has 0 atom stereocenters. The van der Waals surface area contributed by atoms with Crippen LogP contribution in [-0.4, -0.2) is 12.6 Å². The highest BCUT2D eigenvalue weighted by Crippen LogP contribution is 2.14. The summed E-state index contributed by atoms with van der Waals surface area (Å²) >= 11 is 0. The topological polar surface area (TPSA) is 26.3 Å². The van der Waals surface area contributed by atoms with Crippen molar-refractivity contribution in [3.8, 4) is 0 Å². The van der Waals surface area contributed by atoms with E-state index in [4.69, 9.17) is 4.74 Å². The molecule has 0 aromatic carbocycles. The Kier molecular flexibility index (Phi) is 16.9. The molecule has 0 unspecified atom stereocenters. The maximum atomic E-state index is 11.6. The molecule has 0 rings (SSSR count). The molecule has 0 heterocycles. The van der Waals surface area contributed by atoms with E-state index in [0.29, 0.717) is 18.9 Å². The van der Waals surface area contributed by atoms with Crippen molar-refractivity contribution < 1.29 is 9.53 Å². The fraction of sp³-hybridized carbons (Fsp3) is 0.955. The fourth-order valence-electron chi connectivity index (χ4n) is 2.99. The van der Waals surface area contributed by atoms with Gasteiger partial charge in [0.15, 0.2) is 0 Å². The summed E-state index contributed by atoms with van der Waals surface area (Å²) in [5.74, 6) is 1.56. The number of hydrogen-bond donors (Lipinski definition) is 0. The van der Waals surface area contributed by atoms with E-state index in [9.17, 15) is 4.79 Å². The van der Waals surface area contributed by atoms with Crippen molar-refractivity contribution in [1.82, 2.24) is 0 Å². The van der Waals surface area contributed by atoms with Crippen molar-refractivity contribution in [3.63, 3.8) is 0 Å². The first-order chi connectivity index (χ1) is 11.5. The first-order valence-electron chi connectivity index (χ1n) is 10.7. The lowest BCUT2D eigenvalue weighted by atomic mass is 10.0. The van der Waals surface area contributed by atoms with Crippen molar-refractivity contribution in [2.75, 3.05) is 6.61 Å². The van der Waals surface area contributed by atoms with Crippen LogP contribution in [0.1, 0.15) is 118 Å². The lowest BCUT2D eigenvalue weighted by molar-refractivity contribution is -0.143. The second-order valence-electron chi connectivity index (χ2n) is 8.22. The average Bonchev–Trinajstić information content (AvgIpc) is 2.52. The van der Waals surface area contributed by atoms with Crippen LogP contribution in [0.3, 0.4) is 0 Å². The van der Waals surface area contributed by atoms with Gasteiger partial charge in [0.1, 0.15) is 0 Å². The minimum absolute atomic E-state index is 0.000142. The van der Waals surface area contributed by atoms with Gasteiger partial charge in [-0.25, -0.2) is 0 Å². The van der Waals surface area contributed by atoms with Gasteiger partial charge in [-0.2, -0.15) is 0 Å². The van der Waals surface area contributed by atoms with E-state index < -0.39 is 0 Å². The largest absolute Gasteiger partial charge is 0.466 e. The molecule has 0 aromatic rings. The first-order valence-corrected chi connectivity index (χ1v) is 10.7. The second-order valence-corrected chi connectivity index (χ2v) is 8.22. The van der Waals surface area contributed by atoms with E-state index in [0.717, 1.165) is 25.2 Å². The second kappa shape index (κ2) is 17.3. The lowest BCUT2D eigenvalue weighted by Gasteiger charge is -2.06. The molecule has 0 aromatic heterocycles. The molecular weight excluding hydrogens is 296 g/mol. The molecular formula is C22H44O2. The number of rotatable bonds is 17. The Morgan fingerprint density at radius 2 is 1.04 bits per heavy atom. The Labute approximate surface area is 152 Å². The Morgan fingerprint density at radius 1 is 0.625 bits per heavy atom. The van der Waals surface area contributed by atoms with Gasteiger partial charge in [-0.3, -0.25) is 4.79 Å². The maximum absolute atomic E-state index is 11.6. The zero-order valence-electron chi connectivity index (χ0n) is 17.1. The van der Waals surface area contributed by atoms with Crippen molar-refractivity contribution in [2.24, 2.45) is 11.8 Å². The SMILES string of the molecule is CC(C)CCCCCCCCCCCCC(=O)OCCCC(C)C. The molecule has 0 radical (unpaired) electrons. The molecule has 0 aliphatic heterocycles. The summed E-state index contributed by atoms with van der Waals surface area (Å²) in [6.45, 7) is 9.64. The van der Waals surface area contributed by atoms with Gasteiger partial charge >= 0.3 is 5.97 Å². The van der Waals surface area contributed by atoms with Gasteiger partial charge in [0.05, 0.1) is 6.61 Å². The predicted molar refractivity (Wildman–Crippen MR) is 105 cm³/mol. The summed E-state index contributed by atoms with van der Waals surface area (Å²) in [4.78, 5) is 11.6. The number of carbonyl (C=O) groups excluding carboxylic acids is 1. The summed E-state index contributed by atoms with van der Waals surface area (Å²) in [5, 5.41) is 0. The van der Waals surface area contributed by atoms with Crippen LogP contribution in [0.4, 0.5) is 0 Å². The number of carbonyl (C=O) groups is 1. The molecule has 0 amide bonds. The van der Waals surface area contributed by atoms with Crippen LogP contribution in [0.2, 0.25) is 0 Å². The van der Waals surface area contributed by atoms with E-state index in [1.807, 2.05) is 0 Å². The van der Waals surface area contributed by atoms with Crippen LogP contribution in [0.25, 0.3) is 0 Å². The van der Waals surface area contributed by atoms with E-state index in [1.165, 1.54) is 64.2 Å². The number of hydrogen-bond acceptors (Lipinski definition) is 2. The van der Waals surface area contributed by atoms with E-state index in [1.54, 1.807) is 0 Å². The monoisotopic (exact) mass is 340 g/mol. The Bertz CT molecular complexity index is 271. The first kappa shape index (κ1) is 23.5. The lowest BCUT2D eigenvalue weighted by Crippen LogP contribution is -2.06. The minimum Gasteiger partial charge on any atom is -0.466 e. The normalized spacial score (nSPS) is 11.4. The van der Waals surface area contributed by atoms with Crippen LogP contribution >= 0.6 is 0 Å². The molecule has 0 aliphatic carbocycles. The van der Waals surface area contributed by atoms with Gasteiger partial charge in [-0.15, -0.1) is 0 Å². The molecule has 2 nitrogen and oxygen atoms in total. The number of ether oxygens (including phenoxy) is 1. The average molecular weight is 341 g/mol. The van der Waals surface area contributed by atoms with E-state index >= 15 is 0 Å². The zero-order valence-corrected chi connectivity index (χ0v) is 17.1. The van der Waals surface area contributed by atoms with E-state index in [-0.39, 0.29) is 5.97 Å². The summed E-state index contributed by atoms with van der Waals surface area (Å²) in [7, 11) is 0. The summed E-state index contributed by atoms with van der Waals surface area (Å²) < 4.78 is 5.26. The standard InChI is InChI=1S/C22H44O2/c1-20(2)16-13-11-9-7-5-6-8-10-12-14-18-22(23)24-19-15-17-21(3)4/h20-21H,5-19H2,1-4H3. The molecule has 24 heavy (non-hydrogen) atoms. The summed E-state index contributed by atoms with van der Waals surface area (Å²) in [5.41, 5.74) is 0. The van der Waals surface area contributed by atoms with Crippen molar-refractivity contribution >= 4 is 5.97 Å². The third-order valence-electron chi connectivity index (χ3n) is 4.60. The van der Waals surface area contributed by atoms with Crippen molar-refractivity contribution in [2.45, 2.75) is 118 Å². The van der Waals surface area contributed by atoms with Gasteiger partial charge < -0.3 is 4.74 Å². The number of esters is 1. The van der Waals surface area contributed by atoms with Crippen molar-refractivity contribution in [1.29, 1.82) is 0 Å². The van der Waals surface area contributed by atoms with Crippen LogP contribution in [0.15, 0.2) is 0 Å². The van der Waals surface area contributed by atoms with Gasteiger partial charge in [0.25, 0.3) is 0 Å². The van der Waals surface area contributed by atoms with Gasteiger partial charge in [-0.05, 0) is 31.1 Å². The smallest absolute Gasteiger partial charge is 0.305 e. The van der Waals surface area contributed by atoms with Gasteiger partial charge in [0.2, 0.25) is 0 Å². The minimum atomic E-state index is 0.000142. The molecule has 0 spiro atoms. The molecule has 0 saturated heterocycles. The molecule has 144 valence electrons. The highest BCUT2D eigenvalue weighted by molar-refractivity contribution is 5.69. The van der Waals surface area contributed by atoms with Crippen LogP contribution in [0, 0.1) is 11.8 Å².